The molecule has 1 heterocycles. The van der Waals surface area contributed by atoms with E-state index in [-0.39, 0.29) is 17.7 Å². The molecule has 2 aliphatic rings. The number of terminal acetylenes is 1. The molecular weight excluding hydrogens is 571 g/mol. The summed E-state index contributed by atoms with van der Waals surface area (Å²) in [7, 11) is 0. The first-order chi connectivity index (χ1) is 21.9. The second-order valence-corrected chi connectivity index (χ2v) is 12.1. The summed E-state index contributed by atoms with van der Waals surface area (Å²) in [6.07, 6.45) is 34.2. The summed E-state index contributed by atoms with van der Waals surface area (Å²) in [6, 6.07) is 10.7. The molecule has 4 rings (SSSR count). The van der Waals surface area contributed by atoms with Gasteiger partial charge in [0, 0.05) is 24.1 Å². The van der Waals surface area contributed by atoms with Crippen molar-refractivity contribution < 1.29 is 4.79 Å². The van der Waals surface area contributed by atoms with E-state index in [1.54, 1.807) is 0 Å². The zero-order valence-electron chi connectivity index (χ0n) is 27.2. The minimum atomic E-state index is -0.879. The summed E-state index contributed by atoms with van der Waals surface area (Å²) in [4.78, 5) is 18.9. The molecular formula is C40H45N3OS. The lowest BCUT2D eigenvalue weighted by Gasteiger charge is -2.48. The van der Waals surface area contributed by atoms with Gasteiger partial charge >= 0.3 is 0 Å². The maximum absolute atomic E-state index is 14.2. The van der Waals surface area contributed by atoms with Crippen LogP contribution in [0, 0.1) is 35.0 Å². The van der Waals surface area contributed by atoms with Gasteiger partial charge in [0.05, 0.1) is 17.2 Å². The number of hydrogen-bond donors (Lipinski definition) is 1. The molecule has 45 heavy (non-hydrogen) atoms. The van der Waals surface area contributed by atoms with E-state index in [9.17, 15) is 10.1 Å². The molecule has 4 unspecified atom stereocenters. The van der Waals surface area contributed by atoms with Crippen LogP contribution in [0.2, 0.25) is 0 Å². The number of fused-ring (bicyclic) bond motifs is 6. The normalized spacial score (nSPS) is 25.5. The Morgan fingerprint density at radius 2 is 1.93 bits per heavy atom. The Morgan fingerprint density at radius 1 is 1.18 bits per heavy atom. The molecule has 0 saturated carbocycles. The predicted molar refractivity (Wildman–Crippen MR) is 191 cm³/mol. The van der Waals surface area contributed by atoms with E-state index in [1.165, 1.54) is 11.3 Å². The number of nitrogens with one attached hydrogen (secondary N) is 1. The summed E-state index contributed by atoms with van der Waals surface area (Å²) >= 11 is 1.44. The second kappa shape index (κ2) is 17.1. The fourth-order valence-electron chi connectivity index (χ4n) is 6.25. The van der Waals surface area contributed by atoms with Crippen LogP contribution in [0.5, 0.6) is 0 Å². The smallest absolute Gasteiger partial charge is 0.232 e. The van der Waals surface area contributed by atoms with Crippen LogP contribution >= 0.6 is 11.3 Å². The first-order valence-electron chi connectivity index (χ1n) is 15.7. The third-order valence-corrected chi connectivity index (χ3v) is 8.94. The van der Waals surface area contributed by atoms with Gasteiger partial charge in [0.15, 0.2) is 5.13 Å². The zero-order valence-corrected chi connectivity index (χ0v) is 28.0. The number of anilines is 1. The van der Waals surface area contributed by atoms with Crippen LogP contribution in [0.1, 0.15) is 76.6 Å². The van der Waals surface area contributed by atoms with Crippen LogP contribution in [-0.4, -0.2) is 10.9 Å². The summed E-state index contributed by atoms with van der Waals surface area (Å²) < 4.78 is 0. The van der Waals surface area contributed by atoms with Gasteiger partial charge < -0.3 is 5.32 Å². The van der Waals surface area contributed by atoms with Gasteiger partial charge in [-0.05, 0) is 42.4 Å². The molecule has 0 spiro atoms. The number of amides is 1. The SMILES string of the molecule is C#CC/C=C\C=C/C/C=C/C=C(\C=C/C)Cc1csc(NC(=O)C2(C)CC3(C#N)/C=C\C=C/C(C)C2c2ccccc23)n1.CC. The van der Waals surface area contributed by atoms with Crippen molar-refractivity contribution in [2.45, 2.75) is 71.6 Å². The van der Waals surface area contributed by atoms with Gasteiger partial charge in [0.25, 0.3) is 0 Å². The van der Waals surface area contributed by atoms with Gasteiger partial charge in [-0.3, -0.25) is 4.79 Å². The van der Waals surface area contributed by atoms with Crippen LogP contribution in [-0.2, 0) is 16.6 Å². The highest BCUT2D eigenvalue weighted by Crippen LogP contribution is 2.57. The first kappa shape index (κ1) is 35.0. The standard InChI is InChI=1S/C38H39N3OS.C2H6/c1-5-7-8-9-10-11-12-13-14-21-30(19-6-2)25-31-26-43-36(40-31)41-35(42)37(4)27-38(28-39)24-18-17-20-29(3)34(37)32-22-15-16-23-33(32)38;1-2/h1,6,8-11,13-24,26,29,34H,7,12,25,27H2,2-4H3,(H,40,41,42);1-2H3/b9-8-,11-10-,14-13+,19-6-,20-17-,24-18-,30-21+;. The van der Waals surface area contributed by atoms with Crippen molar-refractivity contribution in [3.05, 3.63) is 131 Å². The Labute approximate surface area is 274 Å². The summed E-state index contributed by atoms with van der Waals surface area (Å²) in [5.41, 5.74) is 2.40. The highest BCUT2D eigenvalue weighted by Gasteiger charge is 2.55. The number of aromatic nitrogens is 1. The van der Waals surface area contributed by atoms with Crippen LogP contribution in [0.3, 0.4) is 0 Å². The third-order valence-electron chi connectivity index (χ3n) is 8.14. The number of nitrogens with zero attached hydrogens (tertiary/aromatic N) is 2. The molecule has 0 fully saturated rings. The molecule has 4 nitrogen and oxygen atoms in total. The van der Waals surface area contributed by atoms with Crippen molar-refractivity contribution in [3.8, 4) is 18.4 Å². The van der Waals surface area contributed by atoms with Gasteiger partial charge in [-0.15, -0.1) is 23.7 Å². The number of thiazole rings is 1. The van der Waals surface area contributed by atoms with E-state index in [4.69, 9.17) is 11.4 Å². The minimum Gasteiger partial charge on any atom is -0.301 e. The maximum Gasteiger partial charge on any atom is 0.232 e. The molecule has 1 N–H and O–H groups in total. The summed E-state index contributed by atoms with van der Waals surface area (Å²) in [5.74, 6) is 2.51. The molecule has 4 atom stereocenters. The maximum atomic E-state index is 14.2. The van der Waals surface area contributed by atoms with Gasteiger partial charge in [0.2, 0.25) is 5.91 Å². The van der Waals surface area contributed by atoms with Gasteiger partial charge in [-0.2, -0.15) is 5.26 Å². The van der Waals surface area contributed by atoms with Crippen LogP contribution in [0.25, 0.3) is 0 Å². The predicted octanol–water partition coefficient (Wildman–Crippen LogP) is 9.95. The largest absolute Gasteiger partial charge is 0.301 e. The highest BCUT2D eigenvalue weighted by atomic mass is 32.1. The Hall–Kier alpha value is -4.45. The Kier molecular flexibility index (Phi) is 13.3. The van der Waals surface area contributed by atoms with Gasteiger partial charge in [0.1, 0.15) is 5.41 Å². The van der Waals surface area contributed by atoms with Crippen molar-refractivity contribution >= 4 is 22.4 Å². The van der Waals surface area contributed by atoms with E-state index < -0.39 is 10.8 Å². The minimum absolute atomic E-state index is 0.0782. The molecule has 5 heteroatoms. The Bertz CT molecular complexity index is 1600. The fraction of sp³-hybridized carbons (Fsp3) is 0.325. The highest BCUT2D eigenvalue weighted by molar-refractivity contribution is 7.13. The molecule has 2 aromatic rings. The molecule has 0 radical (unpaired) electrons. The van der Waals surface area contributed by atoms with E-state index >= 15 is 0 Å². The van der Waals surface area contributed by atoms with Crippen molar-refractivity contribution in [1.29, 1.82) is 5.26 Å². The van der Waals surface area contributed by atoms with E-state index in [0.29, 0.717) is 24.4 Å². The third kappa shape index (κ3) is 8.59. The van der Waals surface area contributed by atoms with E-state index in [2.05, 4.69) is 66.8 Å². The molecule has 2 bridgehead atoms. The Morgan fingerprint density at radius 3 is 2.69 bits per heavy atom. The van der Waals surface area contributed by atoms with Crippen molar-refractivity contribution in [1.82, 2.24) is 4.98 Å². The lowest BCUT2D eigenvalue weighted by molar-refractivity contribution is -0.128. The second-order valence-electron chi connectivity index (χ2n) is 11.3. The lowest BCUT2D eigenvalue weighted by atomic mass is 9.53. The van der Waals surface area contributed by atoms with Gasteiger partial charge in [-0.25, -0.2) is 4.98 Å². The lowest BCUT2D eigenvalue weighted by Crippen LogP contribution is -2.49. The van der Waals surface area contributed by atoms with Crippen LogP contribution < -0.4 is 5.32 Å². The van der Waals surface area contributed by atoms with Crippen LogP contribution in [0.4, 0.5) is 5.13 Å². The summed E-state index contributed by atoms with van der Waals surface area (Å²) in [6.45, 7) is 10.2. The summed E-state index contributed by atoms with van der Waals surface area (Å²) in [5, 5.41) is 16.2. The first-order valence-corrected chi connectivity index (χ1v) is 16.6. The molecule has 1 aromatic heterocycles. The number of allylic oxidation sites excluding steroid dienone is 14. The number of benzene rings is 1. The average molecular weight is 616 g/mol. The molecule has 0 aliphatic heterocycles. The number of nitriles is 1. The number of rotatable bonds is 10. The van der Waals surface area contributed by atoms with Crippen molar-refractivity contribution in [2.75, 3.05) is 5.32 Å². The molecule has 2 aliphatic carbocycles. The number of carbonyl (C=O) groups is 1. The zero-order chi connectivity index (χ0) is 32.7. The monoisotopic (exact) mass is 615 g/mol. The van der Waals surface area contributed by atoms with Crippen molar-refractivity contribution in [3.63, 3.8) is 0 Å². The molecule has 1 amide bonds. The van der Waals surface area contributed by atoms with E-state index in [1.807, 2.05) is 93.8 Å². The number of hydrogen-bond acceptors (Lipinski definition) is 4. The fourth-order valence-corrected chi connectivity index (χ4v) is 6.95. The van der Waals surface area contributed by atoms with E-state index in [0.717, 1.165) is 28.8 Å². The van der Waals surface area contributed by atoms with Gasteiger partial charge in [-0.1, -0.05) is 131 Å². The number of carbonyl (C=O) groups excluding carboxylic acids is 1. The Balaban J connectivity index is 0.00000271. The van der Waals surface area contributed by atoms with Crippen LogP contribution in [0.15, 0.2) is 114 Å². The quantitative estimate of drug-likeness (QED) is 0.214. The van der Waals surface area contributed by atoms with Crippen molar-refractivity contribution in [2.24, 2.45) is 11.3 Å². The molecule has 1 aromatic carbocycles. The topological polar surface area (TPSA) is 65.8 Å². The average Bonchev–Trinajstić information content (AvgIpc) is 3.52. The molecule has 0 saturated heterocycles. The molecule has 232 valence electrons.